The second-order valence-electron chi connectivity index (χ2n) is 9.71. The number of amides is 2. The van der Waals surface area contributed by atoms with Crippen LogP contribution in [0.4, 0.5) is 11.4 Å². The number of nitro groups is 1. The zero-order valence-electron chi connectivity index (χ0n) is 21.9. The van der Waals surface area contributed by atoms with E-state index in [1.807, 2.05) is 31.2 Å². The topological polar surface area (TPSA) is 132 Å². The molecule has 0 spiro atoms. The van der Waals surface area contributed by atoms with Crippen LogP contribution in [0.2, 0.25) is 0 Å². The third kappa shape index (κ3) is 4.78. The zero-order valence-corrected chi connectivity index (χ0v) is 23.5. The third-order valence-electron chi connectivity index (χ3n) is 7.21. The van der Waals surface area contributed by atoms with Crippen LogP contribution in [-0.2, 0) is 16.2 Å². The summed E-state index contributed by atoms with van der Waals surface area (Å²) < 4.78 is 11.4. The lowest BCUT2D eigenvalue weighted by molar-refractivity contribution is -0.385. The molecule has 0 aliphatic carbocycles. The third-order valence-corrected chi connectivity index (χ3v) is 9.61. The number of aryl methyl sites for hydroxylation is 1. The first kappa shape index (κ1) is 26.8. The molecule has 10 nitrogen and oxygen atoms in total. The van der Waals surface area contributed by atoms with Crippen molar-refractivity contribution in [3.63, 3.8) is 0 Å². The molecular weight excluding hydrogens is 566 g/mol. The molecule has 12 heteroatoms. The maximum absolute atomic E-state index is 14.0. The van der Waals surface area contributed by atoms with Gasteiger partial charge in [0.05, 0.1) is 28.7 Å². The maximum atomic E-state index is 14.0. The predicted octanol–water partition coefficient (Wildman–Crippen LogP) is 5.04. The molecule has 1 aromatic heterocycles. The number of methoxy groups -OCH3 is 1. The minimum Gasteiger partial charge on any atom is -0.497 e. The molecule has 3 aromatic carbocycles. The Morgan fingerprint density at radius 1 is 1.00 bits per heavy atom. The molecule has 3 atom stereocenters. The van der Waals surface area contributed by atoms with Gasteiger partial charge in [0.25, 0.3) is 5.69 Å². The molecule has 1 saturated heterocycles. The number of aromatic amines is 1. The van der Waals surface area contributed by atoms with Crippen LogP contribution in [0, 0.1) is 23.0 Å². The van der Waals surface area contributed by atoms with Crippen molar-refractivity contribution in [2.45, 2.75) is 29.7 Å². The Morgan fingerprint density at radius 2 is 1.73 bits per heavy atom. The fourth-order valence-electron chi connectivity index (χ4n) is 5.21. The quantitative estimate of drug-likeness (QED) is 0.180. The summed E-state index contributed by atoms with van der Waals surface area (Å²) in [5.41, 5.74) is 2.56. The summed E-state index contributed by atoms with van der Waals surface area (Å²) in [7, 11) is 1.52. The molecule has 3 heterocycles. The van der Waals surface area contributed by atoms with Crippen LogP contribution in [0.1, 0.15) is 27.5 Å². The number of nitrogens with one attached hydrogen (secondary N) is 1. The molecule has 2 amide bonds. The summed E-state index contributed by atoms with van der Waals surface area (Å²) in [5.74, 6) is -1.72. The zero-order chi connectivity index (χ0) is 28.8. The number of benzene rings is 3. The molecule has 2 aliphatic rings. The van der Waals surface area contributed by atoms with Crippen LogP contribution in [0.25, 0.3) is 0 Å². The number of carbonyl (C=O) groups is 2. The Bertz CT molecular complexity index is 1730. The van der Waals surface area contributed by atoms with Gasteiger partial charge >= 0.3 is 4.87 Å². The molecule has 1 N–H and O–H groups in total. The number of H-pyrrole nitrogens is 1. The fourth-order valence-corrected chi connectivity index (χ4v) is 7.71. The van der Waals surface area contributed by atoms with Gasteiger partial charge in [0.2, 0.25) is 11.8 Å². The van der Waals surface area contributed by atoms with Crippen molar-refractivity contribution < 1.29 is 24.0 Å². The Labute approximate surface area is 242 Å². The summed E-state index contributed by atoms with van der Waals surface area (Å²) in [5, 5.41) is 11.4. The SMILES string of the molecule is COc1ccc(N2C(=O)[C@H]3[C@H](c4cc([N+](=O)[O-])ccc4OCc4ccc(C)cc4)c4sc(=O)[nH]c4S[C@H]3C2=O)cc1. The van der Waals surface area contributed by atoms with E-state index in [0.29, 0.717) is 32.7 Å². The van der Waals surface area contributed by atoms with Crippen LogP contribution in [0.15, 0.2) is 76.6 Å². The number of carbonyl (C=O) groups excluding carboxylic acids is 2. The summed E-state index contributed by atoms with van der Waals surface area (Å²) in [4.78, 5) is 55.7. The summed E-state index contributed by atoms with van der Waals surface area (Å²) in [6.45, 7) is 2.16. The molecule has 208 valence electrons. The minimum atomic E-state index is -0.919. The van der Waals surface area contributed by atoms with Gasteiger partial charge in [-0.25, -0.2) is 4.90 Å². The fraction of sp³-hybridized carbons (Fsp3) is 0.207. The van der Waals surface area contributed by atoms with E-state index in [9.17, 15) is 24.5 Å². The number of imide groups is 1. The lowest BCUT2D eigenvalue weighted by Crippen LogP contribution is -2.32. The lowest BCUT2D eigenvalue weighted by Gasteiger charge is -2.30. The smallest absolute Gasteiger partial charge is 0.305 e. The maximum Gasteiger partial charge on any atom is 0.305 e. The van der Waals surface area contributed by atoms with Gasteiger partial charge in [-0.05, 0) is 42.8 Å². The predicted molar refractivity (Wildman–Crippen MR) is 154 cm³/mol. The molecule has 0 radical (unpaired) electrons. The molecule has 6 rings (SSSR count). The highest BCUT2D eigenvalue weighted by Crippen LogP contribution is 2.55. The van der Waals surface area contributed by atoms with Gasteiger partial charge in [0.1, 0.15) is 23.4 Å². The number of thioether (sulfide) groups is 1. The molecule has 1 fully saturated rings. The number of hydrogen-bond donors (Lipinski definition) is 1. The van der Waals surface area contributed by atoms with E-state index in [2.05, 4.69) is 4.98 Å². The first-order chi connectivity index (χ1) is 19.7. The van der Waals surface area contributed by atoms with Crippen molar-refractivity contribution in [2.75, 3.05) is 12.0 Å². The van der Waals surface area contributed by atoms with E-state index in [4.69, 9.17) is 9.47 Å². The van der Waals surface area contributed by atoms with Gasteiger partial charge in [-0.2, -0.15) is 0 Å². The van der Waals surface area contributed by atoms with Gasteiger partial charge in [0, 0.05) is 28.5 Å². The molecule has 0 saturated carbocycles. The van der Waals surface area contributed by atoms with Crippen molar-refractivity contribution >= 4 is 46.3 Å². The normalized spacial score (nSPS) is 19.6. The van der Waals surface area contributed by atoms with Crippen LogP contribution in [0.3, 0.4) is 0 Å². The number of aromatic nitrogens is 1. The Balaban J connectivity index is 1.46. The number of fused-ring (bicyclic) bond motifs is 2. The number of nitro benzene ring substituents is 1. The highest BCUT2D eigenvalue weighted by Gasteiger charge is 2.57. The largest absolute Gasteiger partial charge is 0.497 e. The van der Waals surface area contributed by atoms with Crippen molar-refractivity contribution in [3.8, 4) is 11.5 Å². The van der Waals surface area contributed by atoms with E-state index in [1.165, 1.54) is 25.3 Å². The number of non-ortho nitro benzene ring substituents is 1. The Morgan fingerprint density at radius 3 is 2.41 bits per heavy atom. The van der Waals surface area contributed by atoms with Crippen molar-refractivity contribution in [2.24, 2.45) is 5.92 Å². The Hall–Kier alpha value is -4.42. The number of rotatable bonds is 7. The molecule has 0 bridgehead atoms. The number of nitrogens with zero attached hydrogens (tertiary/aromatic N) is 2. The molecular formula is C29H23N3O7S2. The lowest BCUT2D eigenvalue weighted by atomic mass is 9.82. The Kier molecular flexibility index (Phi) is 6.88. The van der Waals surface area contributed by atoms with Gasteiger partial charge in [-0.1, -0.05) is 52.9 Å². The van der Waals surface area contributed by atoms with Gasteiger partial charge < -0.3 is 14.5 Å². The van der Waals surface area contributed by atoms with E-state index in [0.717, 1.165) is 39.1 Å². The number of ether oxygens (including phenoxy) is 2. The highest BCUT2D eigenvalue weighted by molar-refractivity contribution is 8.00. The van der Waals surface area contributed by atoms with Gasteiger partial charge in [-0.3, -0.25) is 24.5 Å². The number of anilines is 1. The number of thiazole rings is 1. The highest BCUT2D eigenvalue weighted by atomic mass is 32.2. The first-order valence-electron chi connectivity index (χ1n) is 12.6. The second-order valence-corrected chi connectivity index (χ2v) is 11.9. The van der Waals surface area contributed by atoms with Crippen LogP contribution in [0.5, 0.6) is 11.5 Å². The molecule has 2 aliphatic heterocycles. The number of hydrogen-bond acceptors (Lipinski definition) is 9. The summed E-state index contributed by atoms with van der Waals surface area (Å²) in [6, 6.07) is 18.6. The van der Waals surface area contributed by atoms with Crippen molar-refractivity contribution in [3.05, 3.63) is 108 Å². The van der Waals surface area contributed by atoms with Gasteiger partial charge in [0.15, 0.2) is 0 Å². The standard InChI is InChI=1S/C29H23N3O7S2/c1-15-3-5-16(6-4-15)14-39-21-12-9-18(32(36)37)13-20(21)22-23-25(40-26-24(22)41-29(35)30-26)28(34)31(27(23)33)17-7-10-19(38-2)11-8-17/h3-13,22-23,25H,14H2,1-2H3,(H,30,35)/t22-,23-,25+/m0/s1. The van der Waals surface area contributed by atoms with Gasteiger partial charge in [-0.15, -0.1) is 0 Å². The van der Waals surface area contributed by atoms with Crippen LogP contribution < -0.4 is 19.2 Å². The van der Waals surface area contributed by atoms with Crippen molar-refractivity contribution in [1.82, 2.24) is 4.98 Å². The van der Waals surface area contributed by atoms with E-state index in [-0.39, 0.29) is 17.2 Å². The molecule has 4 aromatic rings. The average Bonchev–Trinajstić information content (AvgIpc) is 3.46. The van der Waals surface area contributed by atoms with E-state index >= 15 is 0 Å². The summed E-state index contributed by atoms with van der Waals surface area (Å²) in [6.07, 6.45) is 0. The average molecular weight is 590 g/mol. The summed E-state index contributed by atoms with van der Waals surface area (Å²) >= 11 is 2.07. The first-order valence-corrected chi connectivity index (χ1v) is 14.3. The monoisotopic (exact) mass is 589 g/mol. The molecule has 0 unspecified atom stereocenters. The van der Waals surface area contributed by atoms with Crippen LogP contribution in [-0.4, -0.2) is 34.1 Å². The minimum absolute atomic E-state index is 0.182. The van der Waals surface area contributed by atoms with E-state index < -0.39 is 33.8 Å². The second kappa shape index (κ2) is 10.5. The van der Waals surface area contributed by atoms with E-state index in [1.54, 1.807) is 24.3 Å². The molecule has 41 heavy (non-hydrogen) atoms. The van der Waals surface area contributed by atoms with Crippen molar-refractivity contribution in [1.29, 1.82) is 0 Å². The van der Waals surface area contributed by atoms with Crippen LogP contribution >= 0.6 is 23.1 Å².